The van der Waals surface area contributed by atoms with Crippen molar-refractivity contribution in [2.75, 3.05) is 0 Å². The van der Waals surface area contributed by atoms with Crippen LogP contribution in [0, 0.1) is 5.82 Å². The van der Waals surface area contributed by atoms with E-state index in [-0.39, 0.29) is 18.6 Å². The molecule has 1 saturated carbocycles. The zero-order valence-corrected chi connectivity index (χ0v) is 16.6. The van der Waals surface area contributed by atoms with Crippen molar-refractivity contribution in [3.8, 4) is 5.75 Å². The molecule has 1 aliphatic rings. The normalized spacial score (nSPS) is 13.3. The molecule has 1 N–H and O–H groups in total. The highest BCUT2D eigenvalue weighted by Crippen LogP contribution is 2.30. The molecule has 1 aliphatic carbocycles. The lowest BCUT2D eigenvalue weighted by Crippen LogP contribution is -2.32. The van der Waals surface area contributed by atoms with E-state index in [9.17, 15) is 9.18 Å². The Morgan fingerprint density at radius 3 is 2.69 bits per heavy atom. The Balaban J connectivity index is 1.39. The lowest BCUT2D eigenvalue weighted by atomic mass is 10.1. The van der Waals surface area contributed by atoms with Gasteiger partial charge in [0.1, 0.15) is 23.2 Å². The van der Waals surface area contributed by atoms with Gasteiger partial charge in [-0.1, -0.05) is 18.2 Å². The van der Waals surface area contributed by atoms with Crippen molar-refractivity contribution in [3.05, 3.63) is 81.6 Å². The summed E-state index contributed by atoms with van der Waals surface area (Å²) in [5, 5.41) is 11.7. The van der Waals surface area contributed by atoms with E-state index in [1.54, 1.807) is 12.1 Å². The Morgan fingerprint density at radius 1 is 1.24 bits per heavy atom. The molecule has 0 bridgehead atoms. The van der Waals surface area contributed by atoms with Crippen LogP contribution >= 0.6 is 11.3 Å². The molecule has 3 aromatic rings. The summed E-state index contributed by atoms with van der Waals surface area (Å²) in [7, 11) is 0. The molecule has 5 nitrogen and oxygen atoms in total. The van der Waals surface area contributed by atoms with Gasteiger partial charge in [-0.2, -0.15) is 0 Å². The predicted molar refractivity (Wildman–Crippen MR) is 108 cm³/mol. The number of ether oxygens (including phenoxy) is 1. The van der Waals surface area contributed by atoms with Gasteiger partial charge >= 0.3 is 0 Å². The highest BCUT2D eigenvalue weighted by molar-refractivity contribution is 7.09. The van der Waals surface area contributed by atoms with Crippen molar-refractivity contribution in [2.24, 2.45) is 0 Å². The molecule has 2 aromatic carbocycles. The van der Waals surface area contributed by atoms with Crippen LogP contribution in [0.5, 0.6) is 5.75 Å². The van der Waals surface area contributed by atoms with Crippen LogP contribution in [0.25, 0.3) is 0 Å². The van der Waals surface area contributed by atoms with E-state index in [1.807, 2.05) is 34.5 Å². The van der Waals surface area contributed by atoms with Crippen LogP contribution < -0.4 is 4.74 Å². The van der Waals surface area contributed by atoms with Crippen molar-refractivity contribution < 1.29 is 19.0 Å². The van der Waals surface area contributed by atoms with Crippen molar-refractivity contribution in [1.29, 1.82) is 0 Å². The zero-order chi connectivity index (χ0) is 20.2. The number of carbonyl (C=O) groups excluding carboxylic acids is 1. The van der Waals surface area contributed by atoms with E-state index < -0.39 is 5.82 Å². The van der Waals surface area contributed by atoms with Crippen LogP contribution in [-0.4, -0.2) is 26.9 Å². The summed E-state index contributed by atoms with van der Waals surface area (Å²) in [6, 6.07) is 13.7. The smallest absolute Gasteiger partial charge is 0.254 e. The molecular weight excluding hydrogens is 391 g/mol. The average molecular weight is 412 g/mol. The molecule has 1 aromatic heterocycles. The number of amides is 1. The third-order valence-electron chi connectivity index (χ3n) is 4.72. The summed E-state index contributed by atoms with van der Waals surface area (Å²) >= 11 is 1.45. The van der Waals surface area contributed by atoms with Crippen LogP contribution in [-0.2, 0) is 19.8 Å². The number of aliphatic hydroxyl groups excluding tert-OH is 1. The second-order valence-electron chi connectivity index (χ2n) is 7.00. The number of rotatable bonds is 8. The quantitative estimate of drug-likeness (QED) is 0.604. The molecule has 150 valence electrons. The van der Waals surface area contributed by atoms with Crippen LogP contribution in [0.4, 0.5) is 4.39 Å². The third kappa shape index (κ3) is 4.99. The molecule has 4 rings (SSSR count). The SMILES string of the molecule is O=C(c1cccc(F)c1)N(Cc1ccc(OCc2nc(CO)cs2)cc1)C1CC1. The zero-order valence-electron chi connectivity index (χ0n) is 15.8. The molecule has 1 fully saturated rings. The first-order valence-electron chi connectivity index (χ1n) is 9.45. The van der Waals surface area contributed by atoms with Gasteiger partial charge in [0.15, 0.2) is 0 Å². The molecular formula is C22H21FN2O3S. The van der Waals surface area contributed by atoms with E-state index in [4.69, 9.17) is 9.84 Å². The molecule has 0 spiro atoms. The molecule has 7 heteroatoms. The molecule has 1 heterocycles. The first-order chi connectivity index (χ1) is 14.1. The summed E-state index contributed by atoms with van der Waals surface area (Å²) in [4.78, 5) is 18.9. The van der Waals surface area contributed by atoms with Gasteiger partial charge in [0.05, 0.1) is 12.3 Å². The Bertz CT molecular complexity index is 986. The summed E-state index contributed by atoms with van der Waals surface area (Å²) < 4.78 is 19.2. The van der Waals surface area contributed by atoms with Gasteiger partial charge < -0.3 is 14.7 Å². The van der Waals surface area contributed by atoms with Crippen LogP contribution in [0.15, 0.2) is 53.9 Å². The van der Waals surface area contributed by atoms with Gasteiger partial charge in [-0.05, 0) is 48.7 Å². The lowest BCUT2D eigenvalue weighted by molar-refractivity contribution is 0.0729. The number of halogens is 1. The predicted octanol–water partition coefficient (Wildman–Crippen LogP) is 4.16. The number of thiazole rings is 1. The Kier molecular flexibility index (Phi) is 5.87. The fourth-order valence-electron chi connectivity index (χ4n) is 3.06. The molecule has 1 amide bonds. The summed E-state index contributed by atoms with van der Waals surface area (Å²) in [6.07, 6.45) is 1.96. The van der Waals surface area contributed by atoms with Gasteiger partial charge in [-0.25, -0.2) is 9.37 Å². The van der Waals surface area contributed by atoms with Crippen molar-refractivity contribution >= 4 is 17.2 Å². The standard InChI is InChI=1S/C22H21FN2O3S/c23-17-3-1-2-16(10-17)22(27)25(19-6-7-19)11-15-4-8-20(9-5-15)28-13-21-24-18(12-26)14-29-21/h1-5,8-10,14,19,26H,6-7,11-13H2. The number of carbonyl (C=O) groups is 1. The number of aromatic nitrogens is 1. The summed E-state index contributed by atoms with van der Waals surface area (Å²) in [5.41, 5.74) is 2.01. The number of hydrogen-bond donors (Lipinski definition) is 1. The molecule has 0 aliphatic heterocycles. The van der Waals surface area contributed by atoms with Gasteiger partial charge in [0.25, 0.3) is 5.91 Å². The average Bonchev–Trinajstić information content (AvgIpc) is 3.48. The lowest BCUT2D eigenvalue weighted by Gasteiger charge is -2.23. The van der Waals surface area contributed by atoms with E-state index in [0.717, 1.165) is 23.4 Å². The van der Waals surface area contributed by atoms with Gasteiger partial charge in [-0.3, -0.25) is 4.79 Å². The molecule has 29 heavy (non-hydrogen) atoms. The molecule has 0 saturated heterocycles. The van der Waals surface area contributed by atoms with Crippen LogP contribution in [0.2, 0.25) is 0 Å². The Morgan fingerprint density at radius 2 is 2.03 bits per heavy atom. The van der Waals surface area contributed by atoms with Crippen LogP contribution in [0.3, 0.4) is 0 Å². The second kappa shape index (κ2) is 8.71. The van der Waals surface area contributed by atoms with E-state index >= 15 is 0 Å². The first-order valence-corrected chi connectivity index (χ1v) is 10.3. The van der Waals surface area contributed by atoms with Crippen molar-refractivity contribution in [3.63, 3.8) is 0 Å². The largest absolute Gasteiger partial charge is 0.486 e. The minimum absolute atomic E-state index is 0.0724. The number of hydrogen-bond acceptors (Lipinski definition) is 5. The topological polar surface area (TPSA) is 62.7 Å². The van der Waals surface area contributed by atoms with Gasteiger partial charge in [0, 0.05) is 23.5 Å². The monoisotopic (exact) mass is 412 g/mol. The van der Waals surface area contributed by atoms with Gasteiger partial charge in [-0.15, -0.1) is 11.3 Å². The minimum Gasteiger partial charge on any atom is -0.486 e. The number of nitrogens with zero attached hydrogens (tertiary/aromatic N) is 2. The fourth-order valence-corrected chi connectivity index (χ4v) is 3.76. The maximum absolute atomic E-state index is 13.5. The highest BCUT2D eigenvalue weighted by atomic mass is 32.1. The molecule has 0 radical (unpaired) electrons. The van der Waals surface area contributed by atoms with E-state index in [1.165, 1.54) is 23.5 Å². The maximum atomic E-state index is 13.5. The summed E-state index contributed by atoms with van der Waals surface area (Å²) in [6.45, 7) is 0.750. The number of benzene rings is 2. The fraction of sp³-hybridized carbons (Fsp3) is 0.273. The van der Waals surface area contributed by atoms with Crippen LogP contribution in [0.1, 0.15) is 39.5 Å². The second-order valence-corrected chi connectivity index (χ2v) is 7.94. The van der Waals surface area contributed by atoms with Gasteiger partial charge in [0.2, 0.25) is 0 Å². The van der Waals surface area contributed by atoms with Crippen molar-refractivity contribution in [1.82, 2.24) is 9.88 Å². The minimum atomic E-state index is -0.403. The van der Waals surface area contributed by atoms with Crippen molar-refractivity contribution in [2.45, 2.75) is 38.6 Å². The molecule has 0 unspecified atom stereocenters. The highest BCUT2D eigenvalue weighted by Gasteiger charge is 2.33. The van der Waals surface area contributed by atoms with E-state index in [0.29, 0.717) is 30.2 Å². The van der Waals surface area contributed by atoms with E-state index in [2.05, 4.69) is 4.98 Å². The third-order valence-corrected chi connectivity index (χ3v) is 5.59. The molecule has 0 atom stereocenters. The Labute approximate surface area is 172 Å². The Hall–Kier alpha value is -2.77. The summed E-state index contributed by atoms with van der Waals surface area (Å²) in [5.74, 6) is 0.166. The number of aliphatic hydroxyl groups is 1. The first kappa shape index (κ1) is 19.5. The maximum Gasteiger partial charge on any atom is 0.254 e.